The fourth-order valence-electron chi connectivity index (χ4n) is 3.02. The van der Waals surface area contributed by atoms with Gasteiger partial charge in [-0.15, -0.1) is 0 Å². The van der Waals surface area contributed by atoms with Crippen LogP contribution in [0, 0.1) is 6.92 Å². The van der Waals surface area contributed by atoms with Gasteiger partial charge in [-0.25, -0.2) is 0 Å². The number of anilines is 1. The number of pyridine rings is 1. The van der Waals surface area contributed by atoms with Gasteiger partial charge >= 0.3 is 0 Å². The number of fused-ring (bicyclic) bond motifs is 1. The maximum atomic E-state index is 12.4. The number of hydrogen-bond acceptors (Lipinski definition) is 3. The largest absolute Gasteiger partial charge is 0.334 e. The predicted octanol–water partition coefficient (Wildman–Crippen LogP) is 1.79. The summed E-state index contributed by atoms with van der Waals surface area (Å²) in [7, 11) is 1.67. The van der Waals surface area contributed by atoms with Crippen molar-refractivity contribution in [3.05, 3.63) is 40.2 Å². The first-order valence-electron chi connectivity index (χ1n) is 7.66. The zero-order valence-electron chi connectivity index (χ0n) is 13.2. The smallest absolute Gasteiger partial charge is 0.248 e. The van der Waals surface area contributed by atoms with Crippen molar-refractivity contribution in [3.8, 4) is 0 Å². The normalized spacial score (nSPS) is 18.3. The summed E-state index contributed by atoms with van der Waals surface area (Å²) in [6.45, 7) is 1.86. The van der Waals surface area contributed by atoms with E-state index in [4.69, 9.17) is 0 Å². The number of aryl methyl sites for hydroxylation is 1. The van der Waals surface area contributed by atoms with Crippen LogP contribution >= 0.6 is 0 Å². The molecule has 120 valence electrons. The van der Waals surface area contributed by atoms with Crippen LogP contribution in [-0.4, -0.2) is 34.8 Å². The van der Waals surface area contributed by atoms with Crippen molar-refractivity contribution in [1.82, 2.24) is 9.88 Å². The molecule has 2 heterocycles. The molecular weight excluding hydrogens is 294 g/mol. The zero-order chi connectivity index (χ0) is 16.6. The van der Waals surface area contributed by atoms with Crippen molar-refractivity contribution in [3.63, 3.8) is 0 Å². The first-order chi connectivity index (χ1) is 11.0. The lowest BCUT2D eigenvalue weighted by Crippen LogP contribution is -2.47. The number of aromatic nitrogens is 1. The molecule has 1 saturated heterocycles. The summed E-state index contributed by atoms with van der Waals surface area (Å²) in [5, 5.41) is 3.76. The van der Waals surface area contributed by atoms with E-state index in [0.717, 1.165) is 22.9 Å². The summed E-state index contributed by atoms with van der Waals surface area (Å²) < 4.78 is 0. The van der Waals surface area contributed by atoms with Crippen LogP contribution < -0.4 is 10.9 Å². The molecule has 0 bridgehead atoms. The minimum atomic E-state index is -0.427. The number of carbonyl (C=O) groups excluding carboxylic acids is 2. The van der Waals surface area contributed by atoms with Crippen LogP contribution in [0.4, 0.5) is 5.69 Å². The Bertz CT molecular complexity index is 841. The van der Waals surface area contributed by atoms with Crippen molar-refractivity contribution >= 4 is 28.4 Å². The van der Waals surface area contributed by atoms with E-state index in [1.807, 2.05) is 13.0 Å². The molecule has 2 aromatic rings. The number of benzene rings is 1. The van der Waals surface area contributed by atoms with Gasteiger partial charge in [0, 0.05) is 36.1 Å². The third-order valence-corrected chi connectivity index (χ3v) is 4.35. The van der Waals surface area contributed by atoms with Gasteiger partial charge in [0.2, 0.25) is 17.4 Å². The first-order valence-corrected chi connectivity index (χ1v) is 7.66. The van der Waals surface area contributed by atoms with Gasteiger partial charge in [-0.3, -0.25) is 14.4 Å². The molecule has 0 radical (unpaired) electrons. The monoisotopic (exact) mass is 313 g/mol. The van der Waals surface area contributed by atoms with E-state index >= 15 is 0 Å². The Morgan fingerprint density at radius 1 is 1.30 bits per heavy atom. The molecule has 0 aliphatic carbocycles. The maximum absolute atomic E-state index is 12.4. The number of hydrogen-bond donors (Lipinski definition) is 2. The molecule has 1 aromatic heterocycles. The highest BCUT2D eigenvalue weighted by molar-refractivity contribution is 5.99. The van der Waals surface area contributed by atoms with Crippen LogP contribution in [0.1, 0.15) is 24.8 Å². The second kappa shape index (κ2) is 5.87. The fourth-order valence-corrected chi connectivity index (χ4v) is 3.02. The van der Waals surface area contributed by atoms with E-state index in [9.17, 15) is 14.4 Å². The lowest BCUT2D eigenvalue weighted by Gasteiger charge is -2.31. The molecule has 1 unspecified atom stereocenters. The molecule has 3 rings (SSSR count). The summed E-state index contributed by atoms with van der Waals surface area (Å²) >= 11 is 0. The van der Waals surface area contributed by atoms with Crippen LogP contribution in [-0.2, 0) is 9.59 Å². The number of nitrogens with one attached hydrogen (secondary N) is 2. The standard InChI is InChI=1S/C17H19N3O3/c1-10-8-15(21)19-13-7-6-11(9-12(10)13)18-17(23)14-4-3-5-16(22)20(14)2/h6-9,14H,3-5H2,1-2H3,(H,18,23)(H,19,21). The summed E-state index contributed by atoms with van der Waals surface area (Å²) in [5.74, 6) is -0.176. The molecule has 6 heteroatoms. The van der Waals surface area contributed by atoms with E-state index < -0.39 is 6.04 Å². The summed E-state index contributed by atoms with van der Waals surface area (Å²) in [5.41, 5.74) is 2.10. The van der Waals surface area contributed by atoms with E-state index in [0.29, 0.717) is 18.5 Å². The summed E-state index contributed by atoms with van der Waals surface area (Å²) in [4.78, 5) is 39.9. The van der Waals surface area contributed by atoms with Gasteiger partial charge in [0.1, 0.15) is 6.04 Å². The zero-order valence-corrected chi connectivity index (χ0v) is 13.2. The number of likely N-dealkylation sites (tertiary alicyclic amines) is 1. The molecule has 1 aliphatic heterocycles. The van der Waals surface area contributed by atoms with Crippen molar-refractivity contribution in [1.29, 1.82) is 0 Å². The number of aromatic amines is 1. The minimum absolute atomic E-state index is 0.00308. The number of nitrogens with zero attached hydrogens (tertiary/aromatic N) is 1. The van der Waals surface area contributed by atoms with E-state index in [1.54, 1.807) is 19.2 Å². The molecule has 0 spiro atoms. The molecule has 1 aromatic carbocycles. The molecular formula is C17H19N3O3. The second-order valence-electron chi connectivity index (χ2n) is 5.98. The van der Waals surface area contributed by atoms with Crippen LogP contribution in [0.5, 0.6) is 0 Å². The Labute approximate surface area is 133 Å². The Balaban J connectivity index is 1.85. The highest BCUT2D eigenvalue weighted by Gasteiger charge is 2.30. The lowest BCUT2D eigenvalue weighted by molar-refractivity contribution is -0.140. The minimum Gasteiger partial charge on any atom is -0.334 e. The molecule has 1 aliphatic rings. The van der Waals surface area contributed by atoms with Gasteiger partial charge in [0.15, 0.2) is 0 Å². The topological polar surface area (TPSA) is 82.3 Å². The van der Waals surface area contributed by atoms with Crippen LogP contribution in [0.2, 0.25) is 0 Å². The van der Waals surface area contributed by atoms with Gasteiger partial charge in [0.05, 0.1) is 0 Å². The summed E-state index contributed by atoms with van der Waals surface area (Å²) in [6.07, 6.45) is 1.91. The van der Waals surface area contributed by atoms with E-state index in [2.05, 4.69) is 10.3 Å². The molecule has 2 N–H and O–H groups in total. The Hall–Kier alpha value is -2.63. The van der Waals surface area contributed by atoms with Gasteiger partial charge < -0.3 is 15.2 Å². The van der Waals surface area contributed by atoms with Crippen molar-refractivity contribution < 1.29 is 9.59 Å². The fraction of sp³-hybridized carbons (Fsp3) is 0.353. The number of likely N-dealkylation sites (N-methyl/N-ethyl adjacent to an activating group) is 1. The van der Waals surface area contributed by atoms with Gasteiger partial charge in [-0.05, 0) is 43.5 Å². The van der Waals surface area contributed by atoms with Crippen LogP contribution in [0.25, 0.3) is 10.9 Å². The number of amides is 2. The van der Waals surface area contributed by atoms with E-state index in [-0.39, 0.29) is 17.4 Å². The first kappa shape index (κ1) is 15.3. The van der Waals surface area contributed by atoms with Gasteiger partial charge in [-0.1, -0.05) is 0 Å². The van der Waals surface area contributed by atoms with Crippen LogP contribution in [0.3, 0.4) is 0 Å². The number of H-pyrrole nitrogens is 1. The number of carbonyl (C=O) groups is 2. The Morgan fingerprint density at radius 2 is 2.09 bits per heavy atom. The van der Waals surface area contributed by atoms with Crippen molar-refractivity contribution in [2.45, 2.75) is 32.2 Å². The molecule has 6 nitrogen and oxygen atoms in total. The molecule has 23 heavy (non-hydrogen) atoms. The highest BCUT2D eigenvalue weighted by Crippen LogP contribution is 2.22. The van der Waals surface area contributed by atoms with Crippen LogP contribution in [0.15, 0.2) is 29.1 Å². The predicted molar refractivity (Wildman–Crippen MR) is 88.3 cm³/mol. The molecule has 1 fully saturated rings. The molecule has 2 amide bonds. The second-order valence-corrected chi connectivity index (χ2v) is 5.98. The SMILES string of the molecule is Cc1cc(=O)[nH]c2ccc(NC(=O)C3CCCC(=O)N3C)cc12. The third kappa shape index (κ3) is 2.97. The Morgan fingerprint density at radius 3 is 2.87 bits per heavy atom. The molecule has 1 atom stereocenters. The maximum Gasteiger partial charge on any atom is 0.248 e. The quantitative estimate of drug-likeness (QED) is 0.886. The van der Waals surface area contributed by atoms with Gasteiger partial charge in [0.25, 0.3) is 0 Å². The highest BCUT2D eigenvalue weighted by atomic mass is 16.2. The van der Waals surface area contributed by atoms with E-state index in [1.165, 1.54) is 11.0 Å². The van der Waals surface area contributed by atoms with Crippen molar-refractivity contribution in [2.24, 2.45) is 0 Å². The Kier molecular flexibility index (Phi) is 3.90. The summed E-state index contributed by atoms with van der Waals surface area (Å²) in [6, 6.07) is 6.46. The average molecular weight is 313 g/mol. The van der Waals surface area contributed by atoms with Crippen molar-refractivity contribution in [2.75, 3.05) is 12.4 Å². The number of rotatable bonds is 2. The number of piperidine rings is 1. The lowest BCUT2D eigenvalue weighted by atomic mass is 10.0. The average Bonchev–Trinajstić information content (AvgIpc) is 2.50. The molecule has 0 saturated carbocycles. The third-order valence-electron chi connectivity index (χ3n) is 4.35. The van der Waals surface area contributed by atoms with Gasteiger partial charge in [-0.2, -0.15) is 0 Å².